The highest BCUT2D eigenvalue weighted by atomic mass is 35.5. The minimum atomic E-state index is -5.14. The Balaban J connectivity index is 2.79. The van der Waals surface area contributed by atoms with Gasteiger partial charge in [0.05, 0.1) is 38.2 Å². The molecule has 2 aromatic rings. The molecule has 0 heterocycles. The number of carbonyl (C=O) groups excluding carboxylic acids is 2. The first-order valence-corrected chi connectivity index (χ1v) is 11.9. The minimum Gasteiger partial charge on any atom is -0.366 e. The summed E-state index contributed by atoms with van der Waals surface area (Å²) < 4.78 is 84.4. The van der Waals surface area contributed by atoms with E-state index in [-0.39, 0.29) is 20.6 Å². The molecule has 0 aliphatic carbocycles. The zero-order valence-corrected chi connectivity index (χ0v) is 22.3. The molecule has 38 heavy (non-hydrogen) atoms. The Labute approximate surface area is 229 Å². The molecular formula is C25H21Cl3F6N2O2. The van der Waals surface area contributed by atoms with Gasteiger partial charge in [-0.3, -0.25) is 9.59 Å². The number of nitrogens with two attached hydrogens (primary N) is 1. The van der Waals surface area contributed by atoms with Gasteiger partial charge in [0.15, 0.2) is 0 Å². The quantitative estimate of drug-likeness (QED) is 0.191. The van der Waals surface area contributed by atoms with Gasteiger partial charge >= 0.3 is 12.4 Å². The summed E-state index contributed by atoms with van der Waals surface area (Å²) in [6, 6.07) is 2.27. The molecule has 2 rings (SSSR count). The van der Waals surface area contributed by atoms with E-state index < -0.39 is 58.4 Å². The van der Waals surface area contributed by atoms with Gasteiger partial charge in [-0.05, 0) is 55.7 Å². The molecule has 0 saturated carbocycles. The highest BCUT2D eigenvalue weighted by Gasteiger charge is 2.41. The molecule has 4 nitrogen and oxygen atoms in total. The number of allylic oxidation sites excluding steroid dienone is 2. The molecule has 2 aromatic carbocycles. The van der Waals surface area contributed by atoms with Crippen molar-refractivity contribution in [2.24, 2.45) is 5.73 Å². The van der Waals surface area contributed by atoms with Crippen molar-refractivity contribution in [3.8, 4) is 0 Å². The van der Waals surface area contributed by atoms with E-state index >= 15 is 0 Å². The second-order valence-electron chi connectivity index (χ2n) is 8.48. The first-order valence-electron chi connectivity index (χ1n) is 10.7. The largest absolute Gasteiger partial charge is 0.417 e. The van der Waals surface area contributed by atoms with Gasteiger partial charge in [-0.15, -0.1) is 0 Å². The number of hydrogen-bond acceptors (Lipinski definition) is 2. The molecule has 2 atom stereocenters. The number of nitrogens with one attached hydrogen (secondary N) is 1. The average Bonchev–Trinajstić information content (AvgIpc) is 2.74. The number of primary amides is 1. The molecule has 0 radical (unpaired) electrons. The van der Waals surface area contributed by atoms with Gasteiger partial charge in [-0.1, -0.05) is 58.6 Å². The van der Waals surface area contributed by atoms with Crippen molar-refractivity contribution < 1.29 is 35.9 Å². The normalized spacial score (nSPS) is 13.8. The SMILES string of the molecule is CC(C)=CC(=O)N[C@H](C)c1c(/C=C/C(c2cc(Cl)c(Cl)c(Cl)c2)C(F)(F)F)ccc(C(N)=O)c1C(F)(F)F. The van der Waals surface area contributed by atoms with E-state index in [1.54, 1.807) is 13.8 Å². The van der Waals surface area contributed by atoms with E-state index in [2.05, 4.69) is 5.32 Å². The molecule has 13 heteroatoms. The highest BCUT2D eigenvalue weighted by Crippen LogP contribution is 2.43. The monoisotopic (exact) mass is 600 g/mol. The summed E-state index contributed by atoms with van der Waals surface area (Å²) in [6.45, 7) is 4.36. The summed E-state index contributed by atoms with van der Waals surface area (Å²) in [5.74, 6) is -4.50. The van der Waals surface area contributed by atoms with E-state index in [4.69, 9.17) is 40.5 Å². The van der Waals surface area contributed by atoms with Crippen molar-refractivity contribution in [1.29, 1.82) is 0 Å². The number of amides is 2. The number of hydrogen-bond donors (Lipinski definition) is 2. The Morgan fingerprint density at radius 1 is 1.00 bits per heavy atom. The third kappa shape index (κ3) is 7.68. The van der Waals surface area contributed by atoms with Gasteiger partial charge in [-0.2, -0.15) is 26.3 Å². The molecule has 0 aliphatic heterocycles. The number of halogens is 9. The average molecular weight is 602 g/mol. The minimum absolute atomic E-state index is 0.165. The van der Waals surface area contributed by atoms with Gasteiger partial charge in [-0.25, -0.2) is 0 Å². The van der Waals surface area contributed by atoms with E-state index in [0.29, 0.717) is 11.6 Å². The van der Waals surface area contributed by atoms with Crippen molar-refractivity contribution in [3.63, 3.8) is 0 Å². The predicted octanol–water partition coefficient (Wildman–Crippen LogP) is 8.27. The zero-order chi connectivity index (χ0) is 29.2. The first kappa shape index (κ1) is 31.5. The van der Waals surface area contributed by atoms with Gasteiger partial charge in [0, 0.05) is 6.08 Å². The maximum absolute atomic E-state index is 14.2. The number of alkyl halides is 6. The van der Waals surface area contributed by atoms with Gasteiger partial charge in [0.2, 0.25) is 11.8 Å². The van der Waals surface area contributed by atoms with Crippen LogP contribution >= 0.6 is 34.8 Å². The maximum atomic E-state index is 14.2. The lowest BCUT2D eigenvalue weighted by molar-refractivity contribution is -0.140. The van der Waals surface area contributed by atoms with Crippen LogP contribution in [0.15, 0.2) is 42.0 Å². The van der Waals surface area contributed by atoms with E-state index in [1.807, 2.05) is 0 Å². The van der Waals surface area contributed by atoms with Gasteiger partial charge < -0.3 is 11.1 Å². The van der Waals surface area contributed by atoms with Gasteiger partial charge in [0.1, 0.15) is 0 Å². The second kappa shape index (κ2) is 12.0. The number of carbonyl (C=O) groups is 2. The smallest absolute Gasteiger partial charge is 0.366 e. The van der Waals surface area contributed by atoms with Crippen LogP contribution in [0.3, 0.4) is 0 Å². The lowest BCUT2D eigenvalue weighted by Gasteiger charge is -2.24. The van der Waals surface area contributed by atoms with Crippen LogP contribution in [0.25, 0.3) is 6.08 Å². The molecule has 0 spiro atoms. The molecular weight excluding hydrogens is 581 g/mol. The van der Waals surface area contributed by atoms with Crippen molar-refractivity contribution in [3.05, 3.63) is 84.9 Å². The van der Waals surface area contributed by atoms with Crippen LogP contribution in [0, 0.1) is 0 Å². The lowest BCUT2D eigenvalue weighted by atomic mass is 9.89. The van der Waals surface area contributed by atoms with Crippen LogP contribution in [0.2, 0.25) is 15.1 Å². The molecule has 3 N–H and O–H groups in total. The molecule has 0 bridgehead atoms. The summed E-state index contributed by atoms with van der Waals surface area (Å²) in [5.41, 5.74) is 1.92. The van der Waals surface area contributed by atoms with Crippen LogP contribution in [-0.4, -0.2) is 18.0 Å². The molecule has 0 fully saturated rings. The standard InChI is InChI=1S/C25H21Cl3F6N2O2/c1-11(2)8-19(37)36-12(3)20-13(4-6-15(23(35)38)21(20)25(32,33)34)5-7-16(24(29,30)31)14-9-17(26)22(28)18(27)10-14/h4-10,12,16H,1-3H3,(H2,35,38)(H,36,37)/b7-5+/t12-,16?/m1/s1. The third-order valence-electron chi connectivity index (χ3n) is 5.23. The predicted molar refractivity (Wildman–Crippen MR) is 135 cm³/mol. The third-order valence-corrected chi connectivity index (χ3v) is 6.42. The molecule has 2 amide bonds. The topological polar surface area (TPSA) is 72.2 Å². The van der Waals surface area contributed by atoms with Crippen molar-refractivity contribution in [2.75, 3.05) is 0 Å². The Morgan fingerprint density at radius 2 is 1.55 bits per heavy atom. The van der Waals surface area contributed by atoms with Gasteiger partial charge in [0.25, 0.3) is 0 Å². The highest BCUT2D eigenvalue weighted by molar-refractivity contribution is 6.48. The molecule has 0 aliphatic rings. The number of rotatable bonds is 7. The summed E-state index contributed by atoms with van der Waals surface area (Å²) in [5, 5.41) is 1.68. The van der Waals surface area contributed by atoms with E-state index in [1.165, 1.54) is 6.92 Å². The van der Waals surface area contributed by atoms with Crippen LogP contribution in [0.1, 0.15) is 65.3 Å². The Morgan fingerprint density at radius 3 is 2.00 bits per heavy atom. The summed E-state index contributed by atoms with van der Waals surface area (Å²) in [6.07, 6.45) is -7.48. The molecule has 206 valence electrons. The van der Waals surface area contributed by atoms with E-state index in [0.717, 1.165) is 36.4 Å². The maximum Gasteiger partial charge on any atom is 0.417 e. The second-order valence-corrected chi connectivity index (χ2v) is 9.67. The Bertz CT molecular complexity index is 1280. The van der Waals surface area contributed by atoms with Crippen LogP contribution in [0.5, 0.6) is 0 Å². The summed E-state index contributed by atoms with van der Waals surface area (Å²) >= 11 is 17.6. The van der Waals surface area contributed by atoms with Crippen LogP contribution in [0.4, 0.5) is 26.3 Å². The lowest BCUT2D eigenvalue weighted by Crippen LogP contribution is -2.29. The Hall–Kier alpha value is -2.69. The molecule has 1 unspecified atom stereocenters. The summed E-state index contributed by atoms with van der Waals surface area (Å²) in [4.78, 5) is 24.1. The summed E-state index contributed by atoms with van der Waals surface area (Å²) in [7, 11) is 0. The molecule has 0 saturated heterocycles. The fourth-order valence-corrected chi connectivity index (χ4v) is 4.32. The van der Waals surface area contributed by atoms with Crippen LogP contribution < -0.4 is 11.1 Å². The zero-order valence-electron chi connectivity index (χ0n) is 20.0. The van der Waals surface area contributed by atoms with Crippen molar-refractivity contribution in [1.82, 2.24) is 5.32 Å². The fourth-order valence-electron chi connectivity index (χ4n) is 3.71. The van der Waals surface area contributed by atoms with Crippen molar-refractivity contribution in [2.45, 2.75) is 45.1 Å². The fraction of sp³-hybridized carbons (Fsp3) is 0.280. The van der Waals surface area contributed by atoms with Crippen LogP contribution in [-0.2, 0) is 11.0 Å². The van der Waals surface area contributed by atoms with E-state index in [9.17, 15) is 35.9 Å². The first-order chi connectivity index (χ1) is 17.3. The molecule has 0 aromatic heterocycles. The Kier molecular flexibility index (Phi) is 9.96. The van der Waals surface area contributed by atoms with Crippen molar-refractivity contribution >= 4 is 52.7 Å². The number of benzene rings is 2.